The van der Waals surface area contributed by atoms with Crippen LogP contribution in [0.15, 0.2) is 273 Å². The van der Waals surface area contributed by atoms with E-state index in [1.54, 1.807) is 0 Å². The number of anilines is 2. The molecule has 1 aromatic heterocycles. The summed E-state index contributed by atoms with van der Waals surface area (Å²) < 4.78 is 2.40. The summed E-state index contributed by atoms with van der Waals surface area (Å²) in [6, 6.07) is 83.0. The van der Waals surface area contributed by atoms with Crippen LogP contribution in [-0.2, 0) is 5.41 Å². The second-order valence-electron chi connectivity index (χ2n) is 18.7. The van der Waals surface area contributed by atoms with Crippen LogP contribution in [0.4, 0.5) is 11.4 Å². The van der Waals surface area contributed by atoms with Crippen LogP contribution in [-0.4, -0.2) is 4.57 Å². The van der Waals surface area contributed by atoms with Crippen LogP contribution in [0.1, 0.15) is 35.1 Å². The maximum Gasteiger partial charge on any atom is 0.0714 e. The lowest BCUT2D eigenvalue weighted by molar-refractivity contribution is 0.476. The number of rotatable bonds is 9. The van der Waals surface area contributed by atoms with Crippen molar-refractivity contribution in [2.24, 2.45) is 11.8 Å². The summed E-state index contributed by atoms with van der Waals surface area (Å²) in [5.41, 5.74) is 19.1. The molecule has 2 heteroatoms. The highest BCUT2D eigenvalue weighted by atomic mass is 15.1. The van der Waals surface area contributed by atoms with E-state index in [4.69, 9.17) is 0 Å². The summed E-state index contributed by atoms with van der Waals surface area (Å²) in [4.78, 5) is 2.48. The Balaban J connectivity index is 0.914. The summed E-state index contributed by atoms with van der Waals surface area (Å²) >= 11 is 0. The van der Waals surface area contributed by atoms with E-state index in [-0.39, 0.29) is 0 Å². The third-order valence-corrected chi connectivity index (χ3v) is 15.0. The van der Waals surface area contributed by atoms with Crippen molar-refractivity contribution in [1.29, 1.82) is 0 Å². The zero-order chi connectivity index (χ0) is 45.7. The molecule has 10 aromatic rings. The Bertz CT molecular complexity index is 3610. The van der Waals surface area contributed by atoms with Crippen molar-refractivity contribution in [3.8, 4) is 39.1 Å². The summed E-state index contributed by atoms with van der Waals surface area (Å²) in [6.45, 7) is 0. The molecule has 9 aromatic carbocycles. The first-order valence-electron chi connectivity index (χ1n) is 24.4. The molecule has 3 aliphatic rings. The minimum absolute atomic E-state index is 0.465. The Morgan fingerprint density at radius 2 is 1.01 bits per heavy atom. The van der Waals surface area contributed by atoms with E-state index in [0.29, 0.717) is 11.8 Å². The minimum Gasteiger partial charge on any atom is -0.311 e. The summed E-state index contributed by atoms with van der Waals surface area (Å²) in [5.74, 6) is 0.978. The molecule has 0 radical (unpaired) electrons. The first-order chi connectivity index (χ1) is 34.2. The van der Waals surface area contributed by atoms with Gasteiger partial charge in [0.1, 0.15) is 0 Å². The van der Waals surface area contributed by atoms with Gasteiger partial charge in [-0.25, -0.2) is 0 Å². The van der Waals surface area contributed by atoms with Crippen molar-refractivity contribution in [2.75, 3.05) is 4.90 Å². The molecule has 0 saturated heterocycles. The first kappa shape index (κ1) is 40.8. The lowest BCUT2D eigenvalue weighted by atomic mass is 9.67. The maximum atomic E-state index is 2.48. The van der Waals surface area contributed by atoms with Crippen molar-refractivity contribution >= 4 is 33.2 Å². The monoisotopic (exact) mass is 882 g/mol. The molecular formula is C67H50N2. The Morgan fingerprint density at radius 1 is 0.420 bits per heavy atom. The SMILES string of the molecule is C1=CCC(C2C=CC(N(c3ccc(-c4ccc5c(c4)c4ccccc4n5-c4ccc(-c5ccccc5)cc4)cc3)c3ccc4c(c3)C(c3ccccc3)(c3ccccc3)c3ccccc3-4)=CC2)C=C1. The van der Waals surface area contributed by atoms with Crippen molar-refractivity contribution in [3.63, 3.8) is 0 Å². The summed E-state index contributed by atoms with van der Waals surface area (Å²) in [7, 11) is 0. The predicted molar refractivity (Wildman–Crippen MR) is 289 cm³/mol. The fourth-order valence-corrected chi connectivity index (χ4v) is 11.7. The highest BCUT2D eigenvalue weighted by Gasteiger charge is 2.46. The van der Waals surface area contributed by atoms with Gasteiger partial charge in [-0.1, -0.05) is 206 Å². The topological polar surface area (TPSA) is 8.17 Å². The number of hydrogen-bond donors (Lipinski definition) is 0. The molecule has 0 amide bonds. The number of para-hydroxylation sites is 1. The average molecular weight is 883 g/mol. The highest BCUT2D eigenvalue weighted by molar-refractivity contribution is 6.10. The molecule has 1 heterocycles. The molecule has 0 bridgehead atoms. The van der Waals surface area contributed by atoms with E-state index < -0.39 is 5.41 Å². The molecule has 13 rings (SSSR count). The molecule has 328 valence electrons. The van der Waals surface area contributed by atoms with Gasteiger partial charge in [0, 0.05) is 33.5 Å². The van der Waals surface area contributed by atoms with E-state index >= 15 is 0 Å². The summed E-state index contributed by atoms with van der Waals surface area (Å²) in [6.07, 6.45) is 18.4. The molecule has 0 spiro atoms. The standard InChI is InChI=1S/C67H50N2/c1-5-17-47(18-6-1)49-29-36-55(37-30-49)68(58-42-43-60-59-25-13-15-27-63(59)67(64(60)46-58,53-21-9-3-10-22-53)54-23-11-4-12-24-54)56-38-33-51(34-39-56)52-35-44-66-62(45-52)61-26-14-16-28-65(61)69(66)57-40-31-50(32-41-57)48-19-7-2-8-20-48/h1-17,19-29,31-47,49H,18,30H2. The fourth-order valence-electron chi connectivity index (χ4n) is 11.7. The third-order valence-electron chi connectivity index (χ3n) is 15.0. The van der Waals surface area contributed by atoms with Crippen LogP contribution in [0.2, 0.25) is 0 Å². The molecule has 69 heavy (non-hydrogen) atoms. The normalized spacial score (nSPS) is 16.6. The first-order valence-corrected chi connectivity index (χ1v) is 24.4. The van der Waals surface area contributed by atoms with Gasteiger partial charge in [0.05, 0.1) is 16.4 Å². The number of fused-ring (bicyclic) bond motifs is 6. The van der Waals surface area contributed by atoms with Crippen LogP contribution < -0.4 is 4.90 Å². The smallest absolute Gasteiger partial charge is 0.0714 e. The number of aromatic nitrogens is 1. The van der Waals surface area contributed by atoms with Crippen molar-refractivity contribution in [2.45, 2.75) is 18.3 Å². The van der Waals surface area contributed by atoms with E-state index in [9.17, 15) is 0 Å². The van der Waals surface area contributed by atoms with Crippen LogP contribution >= 0.6 is 0 Å². The van der Waals surface area contributed by atoms with Gasteiger partial charge in [-0.15, -0.1) is 0 Å². The lowest BCUT2D eigenvalue weighted by Crippen LogP contribution is -2.29. The second kappa shape index (κ2) is 17.0. The van der Waals surface area contributed by atoms with Crippen LogP contribution in [0.5, 0.6) is 0 Å². The van der Waals surface area contributed by atoms with Gasteiger partial charge < -0.3 is 9.47 Å². The lowest BCUT2D eigenvalue weighted by Gasteiger charge is -2.35. The highest BCUT2D eigenvalue weighted by Crippen LogP contribution is 2.57. The van der Waals surface area contributed by atoms with E-state index in [1.165, 1.54) is 83.1 Å². The Hall–Kier alpha value is -8.46. The molecular weight excluding hydrogens is 833 g/mol. The number of nitrogens with zero attached hydrogens (tertiary/aromatic N) is 2. The summed E-state index contributed by atoms with van der Waals surface area (Å²) in [5, 5.41) is 2.50. The molecule has 2 atom stereocenters. The van der Waals surface area contributed by atoms with Crippen LogP contribution in [0.25, 0.3) is 60.9 Å². The van der Waals surface area contributed by atoms with Gasteiger partial charge in [-0.05, 0) is 141 Å². The average Bonchev–Trinajstić information content (AvgIpc) is 3.92. The largest absolute Gasteiger partial charge is 0.311 e. The van der Waals surface area contributed by atoms with Gasteiger partial charge in [0.2, 0.25) is 0 Å². The van der Waals surface area contributed by atoms with Crippen molar-refractivity contribution in [3.05, 3.63) is 295 Å². The fraction of sp³-hybridized carbons (Fsp3) is 0.0746. The van der Waals surface area contributed by atoms with Gasteiger partial charge in [0.15, 0.2) is 0 Å². The van der Waals surface area contributed by atoms with Crippen LogP contribution in [0.3, 0.4) is 0 Å². The number of allylic oxidation sites excluding steroid dienone is 7. The van der Waals surface area contributed by atoms with Gasteiger partial charge in [0.25, 0.3) is 0 Å². The van der Waals surface area contributed by atoms with E-state index in [0.717, 1.165) is 29.9 Å². The van der Waals surface area contributed by atoms with Crippen molar-refractivity contribution in [1.82, 2.24) is 4.57 Å². The maximum absolute atomic E-state index is 2.48. The molecule has 0 fully saturated rings. The third kappa shape index (κ3) is 6.86. The number of hydrogen-bond acceptors (Lipinski definition) is 1. The van der Waals surface area contributed by atoms with E-state index in [1.807, 2.05) is 0 Å². The Labute approximate surface area is 404 Å². The molecule has 0 aliphatic heterocycles. The minimum atomic E-state index is -0.490. The molecule has 0 saturated carbocycles. The Morgan fingerprint density at radius 3 is 1.74 bits per heavy atom. The molecule has 2 nitrogen and oxygen atoms in total. The molecule has 2 unspecified atom stereocenters. The van der Waals surface area contributed by atoms with Crippen LogP contribution in [0, 0.1) is 11.8 Å². The zero-order valence-corrected chi connectivity index (χ0v) is 38.4. The van der Waals surface area contributed by atoms with Gasteiger partial charge in [-0.3, -0.25) is 0 Å². The van der Waals surface area contributed by atoms with Gasteiger partial charge in [-0.2, -0.15) is 0 Å². The zero-order valence-electron chi connectivity index (χ0n) is 38.4. The van der Waals surface area contributed by atoms with Crippen molar-refractivity contribution < 1.29 is 0 Å². The predicted octanol–water partition coefficient (Wildman–Crippen LogP) is 17.2. The van der Waals surface area contributed by atoms with Gasteiger partial charge >= 0.3 is 0 Å². The molecule has 0 N–H and O–H groups in total. The number of benzene rings is 9. The quantitative estimate of drug-likeness (QED) is 0.140. The Kier molecular flexibility index (Phi) is 10.1. The van der Waals surface area contributed by atoms with E-state index in [2.05, 4.69) is 276 Å². The molecule has 3 aliphatic carbocycles. The second-order valence-corrected chi connectivity index (χ2v) is 18.7.